The smallest absolute Gasteiger partial charge is 0.138 e. The molecule has 0 aromatic carbocycles. The summed E-state index contributed by atoms with van der Waals surface area (Å²) in [6, 6.07) is 0.0581. The van der Waals surface area contributed by atoms with Gasteiger partial charge in [0.15, 0.2) is 0 Å². The second-order valence-electron chi connectivity index (χ2n) is 2.68. The van der Waals surface area contributed by atoms with Gasteiger partial charge in [-0.3, -0.25) is 0 Å². The van der Waals surface area contributed by atoms with Gasteiger partial charge in [0.1, 0.15) is 10.0 Å². The third-order valence-corrected chi connectivity index (χ3v) is 2.40. The minimum absolute atomic E-state index is 0.0581. The van der Waals surface area contributed by atoms with Gasteiger partial charge in [0.05, 0.1) is 6.54 Å². The lowest BCUT2D eigenvalue weighted by molar-refractivity contribution is -0.126. The predicted molar refractivity (Wildman–Crippen MR) is 47.4 cm³/mol. The Balaban J connectivity index is 2.58. The van der Waals surface area contributed by atoms with Crippen molar-refractivity contribution in [2.24, 2.45) is 0 Å². The Morgan fingerprint density at radius 1 is 1.67 bits per heavy atom. The van der Waals surface area contributed by atoms with E-state index < -0.39 is 0 Å². The van der Waals surface area contributed by atoms with Crippen molar-refractivity contribution < 1.29 is 5.21 Å². The molecule has 0 unspecified atom stereocenters. The molecular weight excluding hydrogens is 198 g/mol. The van der Waals surface area contributed by atoms with E-state index in [1.807, 2.05) is 13.8 Å². The van der Waals surface area contributed by atoms with Gasteiger partial charge in [-0.1, -0.05) is 16.1 Å². The van der Waals surface area contributed by atoms with Crippen LogP contribution < -0.4 is 0 Å². The van der Waals surface area contributed by atoms with Crippen LogP contribution in [-0.4, -0.2) is 25.9 Å². The highest BCUT2D eigenvalue weighted by Gasteiger charge is 2.11. The molecule has 0 radical (unpaired) electrons. The van der Waals surface area contributed by atoms with Crippen LogP contribution in [0, 0.1) is 0 Å². The van der Waals surface area contributed by atoms with Gasteiger partial charge in [-0.15, -0.1) is 5.10 Å². The Kier molecular flexibility index (Phi) is 3.39. The highest BCUT2D eigenvalue weighted by atomic mass is 35.5. The first-order chi connectivity index (χ1) is 5.61. The lowest BCUT2D eigenvalue weighted by atomic mass is 10.3. The molecule has 0 saturated carbocycles. The maximum absolute atomic E-state index is 9.33. The Morgan fingerprint density at radius 3 is 2.75 bits per heavy atom. The number of halogens is 1. The fraction of sp³-hybridized carbons (Fsp3) is 0.667. The largest absolute Gasteiger partial charge is 0.313 e. The van der Waals surface area contributed by atoms with Crippen LogP contribution in [0.2, 0.25) is 4.34 Å². The molecule has 1 rings (SSSR count). The lowest BCUT2D eigenvalue weighted by Crippen LogP contribution is -2.26. The summed E-state index contributed by atoms with van der Waals surface area (Å²) in [7, 11) is 0. The van der Waals surface area contributed by atoms with Gasteiger partial charge in [-0.05, 0) is 13.8 Å². The molecule has 1 N–H and O–H groups in total. The molecule has 0 spiro atoms. The Hall–Kier alpha value is -0.230. The van der Waals surface area contributed by atoms with Crippen LogP contribution >= 0.6 is 23.1 Å². The molecule has 1 heterocycles. The molecule has 12 heavy (non-hydrogen) atoms. The molecule has 0 bridgehead atoms. The first-order valence-corrected chi connectivity index (χ1v) is 4.68. The molecule has 0 aliphatic carbocycles. The molecule has 0 saturated heterocycles. The van der Waals surface area contributed by atoms with Crippen molar-refractivity contribution >= 4 is 23.1 Å². The Morgan fingerprint density at radius 2 is 2.33 bits per heavy atom. The fourth-order valence-electron chi connectivity index (χ4n) is 0.627. The maximum atomic E-state index is 9.33. The normalized spacial score (nSPS) is 11.5. The molecule has 1 aromatic rings. The minimum Gasteiger partial charge on any atom is -0.313 e. The van der Waals surface area contributed by atoms with Crippen LogP contribution in [0.15, 0.2) is 0 Å². The van der Waals surface area contributed by atoms with Crippen molar-refractivity contribution in [1.29, 1.82) is 0 Å². The summed E-state index contributed by atoms with van der Waals surface area (Å²) < 4.78 is 4.19. The van der Waals surface area contributed by atoms with Crippen LogP contribution in [0.4, 0.5) is 0 Å². The van der Waals surface area contributed by atoms with E-state index >= 15 is 0 Å². The second-order valence-corrected chi connectivity index (χ2v) is 4.04. The number of hydroxylamine groups is 2. The second kappa shape index (κ2) is 4.13. The summed E-state index contributed by atoms with van der Waals surface area (Å²) in [5, 5.41) is 14.3. The number of hydrogen-bond acceptors (Lipinski definition) is 5. The van der Waals surface area contributed by atoms with E-state index in [4.69, 9.17) is 11.6 Å². The highest BCUT2D eigenvalue weighted by molar-refractivity contribution is 7.10. The Bertz CT molecular complexity index is 253. The van der Waals surface area contributed by atoms with Crippen molar-refractivity contribution in [3.05, 3.63) is 10.0 Å². The molecule has 68 valence electrons. The summed E-state index contributed by atoms with van der Waals surface area (Å²) in [5.74, 6) is 0. The molecule has 0 aliphatic rings. The van der Waals surface area contributed by atoms with Crippen LogP contribution in [0.1, 0.15) is 19.5 Å². The quantitative estimate of drug-likeness (QED) is 0.768. The molecular formula is C6H10ClN3OS. The van der Waals surface area contributed by atoms with E-state index in [-0.39, 0.29) is 6.04 Å². The number of nitrogens with zero attached hydrogens (tertiary/aromatic N) is 3. The molecule has 1 aromatic heterocycles. The average molecular weight is 208 g/mol. The minimum atomic E-state index is 0.0581. The summed E-state index contributed by atoms with van der Waals surface area (Å²) in [6.07, 6.45) is 0. The van der Waals surface area contributed by atoms with E-state index in [1.54, 1.807) is 0 Å². The zero-order chi connectivity index (χ0) is 9.14. The molecule has 0 fully saturated rings. The van der Waals surface area contributed by atoms with E-state index in [2.05, 4.69) is 9.59 Å². The molecule has 4 nitrogen and oxygen atoms in total. The van der Waals surface area contributed by atoms with E-state index in [1.165, 1.54) is 5.06 Å². The van der Waals surface area contributed by atoms with Crippen molar-refractivity contribution in [2.75, 3.05) is 0 Å². The SMILES string of the molecule is CC(C)N(O)Cc1nnsc1Cl. The van der Waals surface area contributed by atoms with Gasteiger partial charge in [0.25, 0.3) is 0 Å². The fourth-order valence-corrected chi connectivity index (χ4v) is 1.24. The summed E-state index contributed by atoms with van der Waals surface area (Å²) in [6.45, 7) is 4.09. The van der Waals surface area contributed by atoms with Crippen molar-refractivity contribution in [3.8, 4) is 0 Å². The summed E-state index contributed by atoms with van der Waals surface area (Å²) in [4.78, 5) is 0. The van der Waals surface area contributed by atoms with Gasteiger partial charge in [-0.2, -0.15) is 5.06 Å². The molecule has 6 heteroatoms. The van der Waals surface area contributed by atoms with Gasteiger partial charge in [0, 0.05) is 17.6 Å². The zero-order valence-electron chi connectivity index (χ0n) is 6.86. The van der Waals surface area contributed by atoms with Gasteiger partial charge in [0.2, 0.25) is 0 Å². The summed E-state index contributed by atoms with van der Waals surface area (Å²) in [5.41, 5.74) is 0.623. The number of hydrogen-bond donors (Lipinski definition) is 1. The van der Waals surface area contributed by atoms with Crippen LogP contribution in [0.3, 0.4) is 0 Å². The van der Waals surface area contributed by atoms with Crippen LogP contribution in [0.25, 0.3) is 0 Å². The van der Waals surface area contributed by atoms with Crippen LogP contribution in [-0.2, 0) is 6.54 Å². The maximum Gasteiger partial charge on any atom is 0.138 e. The van der Waals surface area contributed by atoms with E-state index in [9.17, 15) is 5.21 Å². The molecule has 0 aliphatic heterocycles. The van der Waals surface area contributed by atoms with E-state index in [0.717, 1.165) is 11.5 Å². The van der Waals surface area contributed by atoms with Crippen molar-refractivity contribution in [1.82, 2.24) is 14.7 Å². The van der Waals surface area contributed by atoms with E-state index in [0.29, 0.717) is 16.6 Å². The van der Waals surface area contributed by atoms with Crippen molar-refractivity contribution in [3.63, 3.8) is 0 Å². The summed E-state index contributed by atoms with van der Waals surface area (Å²) >= 11 is 6.87. The Labute approximate surface area is 79.9 Å². The molecule has 0 amide bonds. The lowest BCUT2D eigenvalue weighted by Gasteiger charge is -2.16. The topological polar surface area (TPSA) is 49.2 Å². The zero-order valence-corrected chi connectivity index (χ0v) is 8.43. The molecule has 0 atom stereocenters. The van der Waals surface area contributed by atoms with Gasteiger partial charge in [-0.25, -0.2) is 0 Å². The van der Waals surface area contributed by atoms with Gasteiger partial charge < -0.3 is 5.21 Å². The average Bonchev–Trinajstić information content (AvgIpc) is 2.36. The van der Waals surface area contributed by atoms with Crippen LogP contribution in [0.5, 0.6) is 0 Å². The highest BCUT2D eigenvalue weighted by Crippen LogP contribution is 2.18. The predicted octanol–water partition coefficient (Wildman–Crippen LogP) is 1.79. The van der Waals surface area contributed by atoms with Gasteiger partial charge >= 0.3 is 0 Å². The number of aromatic nitrogens is 2. The van der Waals surface area contributed by atoms with Crippen molar-refractivity contribution in [2.45, 2.75) is 26.4 Å². The third kappa shape index (κ3) is 2.38. The first-order valence-electron chi connectivity index (χ1n) is 3.53. The monoisotopic (exact) mass is 207 g/mol. The number of rotatable bonds is 3. The first kappa shape index (κ1) is 9.85. The third-order valence-electron chi connectivity index (χ3n) is 1.42. The standard InChI is InChI=1S/C6H10ClN3OS/c1-4(2)10(11)3-5-6(7)12-9-8-5/h4,11H,3H2,1-2H3.